The molecule has 0 radical (unpaired) electrons. The van der Waals surface area contributed by atoms with Crippen molar-refractivity contribution in [3.63, 3.8) is 0 Å². The van der Waals surface area contributed by atoms with Crippen LogP contribution in [0.5, 0.6) is 0 Å². The Hall–Kier alpha value is -0.870. The fourth-order valence-corrected chi connectivity index (χ4v) is 3.49. The van der Waals surface area contributed by atoms with Crippen molar-refractivity contribution in [2.75, 3.05) is 19.6 Å². The van der Waals surface area contributed by atoms with E-state index in [4.69, 9.17) is 0 Å². The smallest absolute Gasteiger partial charge is 0.0666 e. The zero-order valence-electron chi connectivity index (χ0n) is 14.2. The zero-order chi connectivity index (χ0) is 15.2. The summed E-state index contributed by atoms with van der Waals surface area (Å²) < 4.78 is 1.93. The summed E-state index contributed by atoms with van der Waals surface area (Å²) in [5.74, 6) is 0.784. The van der Waals surface area contributed by atoms with E-state index in [0.29, 0.717) is 6.04 Å². The molecule has 2 heterocycles. The molecule has 1 saturated heterocycles. The van der Waals surface area contributed by atoms with Gasteiger partial charge in [-0.2, -0.15) is 5.10 Å². The van der Waals surface area contributed by atoms with Gasteiger partial charge < -0.3 is 10.2 Å². The number of aryl methyl sites for hydroxylation is 2. The molecule has 2 rings (SSSR count). The monoisotopic (exact) mass is 292 g/mol. The maximum Gasteiger partial charge on any atom is 0.0666 e. The number of hydrogen-bond acceptors (Lipinski definition) is 3. The van der Waals surface area contributed by atoms with Crippen molar-refractivity contribution in [2.24, 2.45) is 13.0 Å². The molecule has 1 fully saturated rings. The highest BCUT2D eigenvalue weighted by Gasteiger charge is 2.24. The highest BCUT2D eigenvalue weighted by atomic mass is 15.3. The number of nitrogens with zero attached hydrogens (tertiary/aromatic N) is 3. The second-order valence-electron chi connectivity index (χ2n) is 6.50. The molecule has 1 aromatic rings. The van der Waals surface area contributed by atoms with Crippen LogP contribution in [0.2, 0.25) is 0 Å². The molecule has 0 amide bonds. The molecule has 0 saturated carbocycles. The number of nitrogens with one attached hydrogen (secondary N) is 1. The first-order valence-electron chi connectivity index (χ1n) is 8.61. The first kappa shape index (κ1) is 16.5. The lowest BCUT2D eigenvalue weighted by Gasteiger charge is -2.36. The fraction of sp³-hybridized carbons (Fsp3) is 0.824. The SMILES string of the molecule is CCCN1CCCC(C(C)NCc2cn(C)nc2CC)C1. The average Bonchev–Trinajstić information content (AvgIpc) is 2.85. The van der Waals surface area contributed by atoms with Crippen LogP contribution < -0.4 is 5.32 Å². The van der Waals surface area contributed by atoms with Gasteiger partial charge in [0.25, 0.3) is 0 Å². The molecule has 0 bridgehead atoms. The molecule has 0 spiro atoms. The quantitative estimate of drug-likeness (QED) is 0.838. The van der Waals surface area contributed by atoms with Crippen LogP contribution in [0.3, 0.4) is 0 Å². The van der Waals surface area contributed by atoms with Crippen LogP contribution in [0, 0.1) is 5.92 Å². The van der Waals surface area contributed by atoms with Crippen molar-refractivity contribution < 1.29 is 0 Å². The summed E-state index contributed by atoms with van der Waals surface area (Å²) in [6, 6.07) is 0.578. The Kier molecular flexibility index (Phi) is 6.24. The van der Waals surface area contributed by atoms with Gasteiger partial charge in [0.1, 0.15) is 0 Å². The summed E-state index contributed by atoms with van der Waals surface area (Å²) in [6.07, 6.45) is 7.15. The van der Waals surface area contributed by atoms with Gasteiger partial charge in [-0.3, -0.25) is 4.68 Å². The van der Waals surface area contributed by atoms with Crippen molar-refractivity contribution in [2.45, 2.75) is 59.0 Å². The largest absolute Gasteiger partial charge is 0.310 e. The van der Waals surface area contributed by atoms with Gasteiger partial charge in [-0.05, 0) is 51.6 Å². The molecule has 1 N–H and O–H groups in total. The van der Waals surface area contributed by atoms with Crippen LogP contribution in [0.4, 0.5) is 0 Å². The molecule has 1 aliphatic rings. The Morgan fingerprint density at radius 1 is 1.43 bits per heavy atom. The minimum absolute atomic E-state index is 0.578. The van der Waals surface area contributed by atoms with Crippen molar-refractivity contribution >= 4 is 0 Å². The van der Waals surface area contributed by atoms with Crippen molar-refractivity contribution in [1.82, 2.24) is 20.0 Å². The van der Waals surface area contributed by atoms with Crippen molar-refractivity contribution in [1.29, 1.82) is 0 Å². The van der Waals surface area contributed by atoms with Crippen LogP contribution in [-0.2, 0) is 20.0 Å². The zero-order valence-corrected chi connectivity index (χ0v) is 14.2. The Balaban J connectivity index is 1.84. The molecule has 4 heteroatoms. The normalized spacial score (nSPS) is 21.6. The molecule has 1 aromatic heterocycles. The Morgan fingerprint density at radius 2 is 2.24 bits per heavy atom. The molecule has 0 aromatic carbocycles. The number of aromatic nitrogens is 2. The van der Waals surface area contributed by atoms with E-state index >= 15 is 0 Å². The van der Waals surface area contributed by atoms with Gasteiger partial charge in [-0.15, -0.1) is 0 Å². The lowest BCUT2D eigenvalue weighted by Crippen LogP contribution is -2.44. The van der Waals surface area contributed by atoms with Gasteiger partial charge in [0, 0.05) is 37.9 Å². The molecular formula is C17H32N4. The van der Waals surface area contributed by atoms with Gasteiger partial charge in [0.05, 0.1) is 5.69 Å². The van der Waals surface area contributed by atoms with E-state index in [1.807, 2.05) is 11.7 Å². The molecule has 2 unspecified atom stereocenters. The molecular weight excluding hydrogens is 260 g/mol. The lowest BCUT2D eigenvalue weighted by atomic mass is 9.91. The summed E-state index contributed by atoms with van der Waals surface area (Å²) in [6.45, 7) is 11.6. The van der Waals surface area contributed by atoms with E-state index in [9.17, 15) is 0 Å². The predicted molar refractivity (Wildman–Crippen MR) is 88.3 cm³/mol. The first-order valence-corrected chi connectivity index (χ1v) is 8.61. The second kappa shape index (κ2) is 7.95. The first-order chi connectivity index (χ1) is 10.1. The van der Waals surface area contributed by atoms with E-state index in [2.05, 4.69) is 42.3 Å². The second-order valence-corrected chi connectivity index (χ2v) is 6.50. The maximum atomic E-state index is 4.52. The minimum atomic E-state index is 0.578. The molecule has 1 aliphatic heterocycles. The van der Waals surface area contributed by atoms with Crippen molar-refractivity contribution in [3.05, 3.63) is 17.5 Å². The third kappa shape index (κ3) is 4.55. The van der Waals surface area contributed by atoms with Crippen molar-refractivity contribution in [3.8, 4) is 0 Å². The standard InChI is InChI=1S/C17H32N4/c1-5-9-21-10-7-8-15(13-21)14(3)18-11-16-12-20(4)19-17(16)6-2/h12,14-15,18H,5-11,13H2,1-4H3. The van der Waals surface area contributed by atoms with Gasteiger partial charge in [-0.1, -0.05) is 13.8 Å². The van der Waals surface area contributed by atoms with E-state index in [-0.39, 0.29) is 0 Å². The van der Waals surface area contributed by atoms with Crippen LogP contribution in [0.1, 0.15) is 51.3 Å². The number of rotatable bonds is 7. The molecule has 120 valence electrons. The fourth-order valence-electron chi connectivity index (χ4n) is 3.49. The minimum Gasteiger partial charge on any atom is -0.310 e. The summed E-state index contributed by atoms with van der Waals surface area (Å²) in [7, 11) is 2.01. The third-order valence-electron chi connectivity index (χ3n) is 4.73. The Bertz CT molecular complexity index is 424. The number of likely N-dealkylation sites (tertiary alicyclic amines) is 1. The van der Waals surface area contributed by atoms with E-state index in [0.717, 1.165) is 18.9 Å². The van der Waals surface area contributed by atoms with Gasteiger partial charge in [0.2, 0.25) is 0 Å². The van der Waals surface area contributed by atoms with Crippen LogP contribution in [0.25, 0.3) is 0 Å². The number of piperidine rings is 1. The molecule has 4 nitrogen and oxygen atoms in total. The Labute approximate surface area is 129 Å². The van der Waals surface area contributed by atoms with Gasteiger partial charge >= 0.3 is 0 Å². The summed E-state index contributed by atoms with van der Waals surface area (Å²) in [4.78, 5) is 2.63. The third-order valence-corrected chi connectivity index (χ3v) is 4.73. The molecule has 0 aliphatic carbocycles. The highest BCUT2D eigenvalue weighted by molar-refractivity contribution is 5.16. The van der Waals surface area contributed by atoms with E-state index in [1.165, 1.54) is 50.2 Å². The summed E-state index contributed by atoms with van der Waals surface area (Å²) >= 11 is 0. The van der Waals surface area contributed by atoms with Crippen LogP contribution in [0.15, 0.2) is 6.20 Å². The summed E-state index contributed by atoms with van der Waals surface area (Å²) in [5.41, 5.74) is 2.58. The Morgan fingerprint density at radius 3 is 2.95 bits per heavy atom. The predicted octanol–water partition coefficient (Wildman–Crippen LogP) is 2.58. The maximum absolute atomic E-state index is 4.52. The van der Waals surface area contributed by atoms with Gasteiger partial charge in [-0.25, -0.2) is 0 Å². The van der Waals surface area contributed by atoms with E-state index < -0.39 is 0 Å². The highest BCUT2D eigenvalue weighted by Crippen LogP contribution is 2.20. The van der Waals surface area contributed by atoms with Gasteiger partial charge in [0.15, 0.2) is 0 Å². The summed E-state index contributed by atoms with van der Waals surface area (Å²) in [5, 5.41) is 8.26. The average molecular weight is 292 g/mol. The lowest BCUT2D eigenvalue weighted by molar-refractivity contribution is 0.150. The number of hydrogen-bond donors (Lipinski definition) is 1. The topological polar surface area (TPSA) is 33.1 Å². The van der Waals surface area contributed by atoms with E-state index in [1.54, 1.807) is 0 Å². The molecule has 21 heavy (non-hydrogen) atoms. The van der Waals surface area contributed by atoms with Crippen LogP contribution >= 0.6 is 0 Å². The molecule has 2 atom stereocenters. The van der Waals surface area contributed by atoms with Crippen LogP contribution in [-0.4, -0.2) is 40.4 Å².